The smallest absolute Gasteiger partial charge is 0.244 e. The van der Waals surface area contributed by atoms with E-state index in [1.54, 1.807) is 23.4 Å². The lowest BCUT2D eigenvalue weighted by atomic mass is 9.99. The molecule has 9 heteroatoms. The highest BCUT2D eigenvalue weighted by molar-refractivity contribution is 7.88. The van der Waals surface area contributed by atoms with Gasteiger partial charge in [0.25, 0.3) is 0 Å². The summed E-state index contributed by atoms with van der Waals surface area (Å²) in [4.78, 5) is 26.1. The number of nitrogens with one attached hydrogen (secondary N) is 1. The zero-order valence-corrected chi connectivity index (χ0v) is 16.9. The van der Waals surface area contributed by atoms with Crippen LogP contribution in [0, 0.1) is 19.8 Å². The van der Waals surface area contributed by atoms with Gasteiger partial charge in [0, 0.05) is 24.8 Å². The van der Waals surface area contributed by atoms with Crippen LogP contribution in [0.3, 0.4) is 0 Å². The maximum atomic E-state index is 12.7. The third-order valence-corrected chi connectivity index (χ3v) is 5.57. The van der Waals surface area contributed by atoms with Crippen LogP contribution in [-0.2, 0) is 21.4 Å². The van der Waals surface area contributed by atoms with Crippen LogP contribution in [0.4, 0.5) is 0 Å². The molecule has 2 rings (SSSR count). The number of aryl methyl sites for hydroxylation is 1. The lowest BCUT2D eigenvalue weighted by Gasteiger charge is -2.17. The molecule has 1 fully saturated rings. The highest BCUT2D eigenvalue weighted by Crippen LogP contribution is 2.23. The third kappa shape index (κ3) is 4.70. The number of amides is 1. The van der Waals surface area contributed by atoms with Gasteiger partial charge in [0.2, 0.25) is 15.9 Å². The Morgan fingerprint density at radius 1 is 1.27 bits per heavy atom. The predicted molar refractivity (Wildman–Crippen MR) is 98.5 cm³/mol. The minimum absolute atomic E-state index is 0.0460. The second-order valence-electron chi connectivity index (χ2n) is 7.10. The summed E-state index contributed by atoms with van der Waals surface area (Å²) >= 11 is 0. The largest absolute Gasteiger partial charge is 0.339 e. The van der Waals surface area contributed by atoms with Gasteiger partial charge in [-0.3, -0.25) is 14.3 Å². The topological polar surface area (TPSA) is 101 Å². The fourth-order valence-electron chi connectivity index (χ4n) is 3.74. The van der Waals surface area contributed by atoms with E-state index in [2.05, 4.69) is 9.82 Å². The molecular weight excluding hydrogens is 356 g/mol. The summed E-state index contributed by atoms with van der Waals surface area (Å²) < 4.78 is 27.4. The quantitative estimate of drug-likeness (QED) is 0.703. The van der Waals surface area contributed by atoms with E-state index in [0.717, 1.165) is 19.1 Å². The average Bonchev–Trinajstić information content (AvgIpc) is 2.99. The Balaban J connectivity index is 2.13. The molecule has 146 valence electrons. The molecule has 0 unspecified atom stereocenters. The predicted octanol–water partition coefficient (Wildman–Crippen LogP) is 0.879. The molecule has 0 bridgehead atoms. The number of likely N-dealkylation sites (tertiary alicyclic amines) is 1. The number of nitrogens with zero attached hydrogens (tertiary/aromatic N) is 3. The number of carbonyl (C=O) groups excluding carboxylic acids is 2. The molecule has 1 aliphatic rings. The molecule has 2 atom stereocenters. The van der Waals surface area contributed by atoms with Crippen LogP contribution < -0.4 is 4.72 Å². The first-order valence-corrected chi connectivity index (χ1v) is 10.7. The van der Waals surface area contributed by atoms with Crippen LogP contribution in [-0.4, -0.2) is 60.2 Å². The van der Waals surface area contributed by atoms with Gasteiger partial charge in [0.15, 0.2) is 5.78 Å². The zero-order valence-electron chi connectivity index (χ0n) is 16.1. The van der Waals surface area contributed by atoms with Gasteiger partial charge in [-0.2, -0.15) is 5.10 Å². The number of rotatable bonds is 7. The van der Waals surface area contributed by atoms with Crippen molar-refractivity contribution in [3.63, 3.8) is 0 Å². The SMILES string of the molecule is CCC[C@@H]1CN(C(=O)Cn2nc(C)c(C(C)=O)c2C)C[C@H]1NS(C)(=O)=O. The van der Waals surface area contributed by atoms with Gasteiger partial charge >= 0.3 is 0 Å². The standard InChI is InChI=1S/C17H28N4O4S/c1-6-7-14-8-20(9-15(14)19-26(5,24)25)16(23)10-21-12(3)17(13(4)22)11(2)18-21/h14-15,19H,6-10H2,1-5H3/t14-,15-/m1/s1. The summed E-state index contributed by atoms with van der Waals surface area (Å²) in [6.45, 7) is 7.99. The molecule has 1 aliphatic heterocycles. The molecule has 0 radical (unpaired) electrons. The van der Waals surface area contributed by atoms with Gasteiger partial charge in [-0.1, -0.05) is 13.3 Å². The number of carbonyl (C=O) groups is 2. The molecule has 1 aromatic rings. The Morgan fingerprint density at radius 3 is 2.42 bits per heavy atom. The monoisotopic (exact) mass is 384 g/mol. The van der Waals surface area contributed by atoms with Gasteiger partial charge < -0.3 is 4.90 Å². The number of ketones is 1. The third-order valence-electron chi connectivity index (χ3n) is 4.84. The van der Waals surface area contributed by atoms with Gasteiger partial charge in [-0.05, 0) is 33.1 Å². The highest BCUT2D eigenvalue weighted by atomic mass is 32.2. The van der Waals surface area contributed by atoms with Crippen LogP contribution in [0.1, 0.15) is 48.4 Å². The first-order chi connectivity index (χ1) is 12.0. The molecule has 2 heterocycles. The maximum absolute atomic E-state index is 12.7. The van der Waals surface area contributed by atoms with E-state index < -0.39 is 10.0 Å². The number of sulfonamides is 1. The summed E-state index contributed by atoms with van der Waals surface area (Å²) in [6, 6.07) is -0.262. The molecule has 0 saturated carbocycles. The van der Waals surface area contributed by atoms with E-state index in [-0.39, 0.29) is 30.2 Å². The van der Waals surface area contributed by atoms with Crippen LogP contribution in [0.2, 0.25) is 0 Å². The van der Waals surface area contributed by atoms with Crippen LogP contribution >= 0.6 is 0 Å². The first-order valence-electron chi connectivity index (χ1n) is 8.83. The van der Waals surface area contributed by atoms with Crippen molar-refractivity contribution in [3.8, 4) is 0 Å². The molecule has 1 aromatic heterocycles. The van der Waals surface area contributed by atoms with E-state index in [1.165, 1.54) is 6.92 Å². The first kappa shape index (κ1) is 20.6. The van der Waals surface area contributed by atoms with Crippen molar-refractivity contribution in [2.75, 3.05) is 19.3 Å². The lowest BCUT2D eigenvalue weighted by Crippen LogP contribution is -2.40. The molecule has 1 amide bonds. The molecule has 26 heavy (non-hydrogen) atoms. The van der Waals surface area contributed by atoms with E-state index in [4.69, 9.17) is 0 Å². The van der Waals surface area contributed by atoms with Crippen LogP contribution in [0.15, 0.2) is 0 Å². The Morgan fingerprint density at radius 2 is 1.92 bits per heavy atom. The minimum Gasteiger partial charge on any atom is -0.339 e. The summed E-state index contributed by atoms with van der Waals surface area (Å²) in [5, 5.41) is 4.31. The number of hydrogen-bond donors (Lipinski definition) is 1. The highest BCUT2D eigenvalue weighted by Gasteiger charge is 2.36. The van der Waals surface area contributed by atoms with E-state index in [0.29, 0.717) is 30.0 Å². The average molecular weight is 385 g/mol. The number of hydrogen-bond acceptors (Lipinski definition) is 5. The van der Waals surface area contributed by atoms with Gasteiger partial charge in [-0.15, -0.1) is 0 Å². The zero-order chi connectivity index (χ0) is 19.6. The summed E-state index contributed by atoms with van der Waals surface area (Å²) in [5.41, 5.74) is 1.85. The van der Waals surface area contributed by atoms with Crippen molar-refractivity contribution in [2.45, 2.75) is 53.1 Å². The normalized spacial score (nSPS) is 20.6. The van der Waals surface area contributed by atoms with Crippen molar-refractivity contribution >= 4 is 21.7 Å². The maximum Gasteiger partial charge on any atom is 0.244 e. The lowest BCUT2D eigenvalue weighted by molar-refractivity contribution is -0.131. The molecule has 0 spiro atoms. The summed E-state index contributed by atoms with van der Waals surface area (Å²) in [5.74, 6) is -0.0863. The second-order valence-corrected chi connectivity index (χ2v) is 8.88. The Bertz CT molecular complexity index is 800. The summed E-state index contributed by atoms with van der Waals surface area (Å²) in [6.07, 6.45) is 2.92. The molecular formula is C17H28N4O4S. The molecule has 1 N–H and O–H groups in total. The molecule has 8 nitrogen and oxygen atoms in total. The van der Waals surface area contributed by atoms with Crippen LogP contribution in [0.5, 0.6) is 0 Å². The molecule has 0 aromatic carbocycles. The van der Waals surface area contributed by atoms with Gasteiger partial charge in [0.1, 0.15) is 6.54 Å². The van der Waals surface area contributed by atoms with Gasteiger partial charge in [-0.25, -0.2) is 13.1 Å². The minimum atomic E-state index is -3.33. The Hall–Kier alpha value is -1.74. The van der Waals surface area contributed by atoms with Crippen molar-refractivity contribution in [1.29, 1.82) is 0 Å². The van der Waals surface area contributed by atoms with Gasteiger partial charge in [0.05, 0.1) is 17.5 Å². The summed E-state index contributed by atoms with van der Waals surface area (Å²) in [7, 11) is -3.33. The Labute approximate surface area is 155 Å². The fourth-order valence-corrected chi connectivity index (χ4v) is 4.55. The Kier molecular flexibility index (Phi) is 6.23. The number of Topliss-reactive ketones (excluding diaryl/α,β-unsaturated/α-hetero) is 1. The fraction of sp³-hybridized carbons (Fsp3) is 0.706. The van der Waals surface area contributed by atoms with Crippen molar-refractivity contribution in [1.82, 2.24) is 19.4 Å². The van der Waals surface area contributed by atoms with E-state index in [1.807, 2.05) is 6.92 Å². The van der Waals surface area contributed by atoms with E-state index in [9.17, 15) is 18.0 Å². The number of aromatic nitrogens is 2. The van der Waals surface area contributed by atoms with Crippen molar-refractivity contribution in [3.05, 3.63) is 17.0 Å². The molecule has 0 aliphatic carbocycles. The van der Waals surface area contributed by atoms with Crippen molar-refractivity contribution in [2.24, 2.45) is 5.92 Å². The van der Waals surface area contributed by atoms with E-state index >= 15 is 0 Å². The second kappa shape index (κ2) is 7.87. The molecule has 1 saturated heterocycles. The van der Waals surface area contributed by atoms with Crippen molar-refractivity contribution < 1.29 is 18.0 Å². The van der Waals surface area contributed by atoms with Crippen LogP contribution in [0.25, 0.3) is 0 Å².